The van der Waals surface area contributed by atoms with E-state index < -0.39 is 0 Å². The van der Waals surface area contributed by atoms with Crippen molar-refractivity contribution >= 4 is 28.5 Å². The van der Waals surface area contributed by atoms with Crippen LogP contribution in [-0.4, -0.2) is 28.3 Å². The van der Waals surface area contributed by atoms with Crippen molar-refractivity contribution in [2.24, 2.45) is 0 Å². The number of H-pyrrole nitrogens is 1. The van der Waals surface area contributed by atoms with Crippen molar-refractivity contribution in [1.82, 2.24) is 15.3 Å². The maximum absolute atomic E-state index is 12.0. The molecule has 122 valence electrons. The Bertz CT molecular complexity index is 871. The highest BCUT2D eigenvalue weighted by molar-refractivity contribution is 5.99. The molecule has 0 unspecified atom stereocenters. The highest BCUT2D eigenvalue weighted by Gasteiger charge is 2.09. The van der Waals surface area contributed by atoms with Gasteiger partial charge in [-0.2, -0.15) is 0 Å². The molecule has 6 heteroatoms. The first kappa shape index (κ1) is 15.7. The highest BCUT2D eigenvalue weighted by atomic mass is 16.2. The van der Waals surface area contributed by atoms with Gasteiger partial charge in [-0.05, 0) is 30.3 Å². The van der Waals surface area contributed by atoms with Gasteiger partial charge < -0.3 is 15.6 Å². The molecule has 0 aliphatic rings. The average molecular weight is 322 g/mol. The molecule has 0 spiro atoms. The first-order valence-electron chi connectivity index (χ1n) is 7.77. The molecule has 0 aliphatic heterocycles. The molecule has 0 saturated heterocycles. The first-order valence-corrected chi connectivity index (χ1v) is 7.77. The van der Waals surface area contributed by atoms with Crippen LogP contribution in [0, 0.1) is 0 Å². The number of fused-ring (bicyclic) bond motifs is 1. The van der Waals surface area contributed by atoms with Crippen molar-refractivity contribution in [3.63, 3.8) is 0 Å². The van der Waals surface area contributed by atoms with Crippen molar-refractivity contribution in [2.45, 2.75) is 13.3 Å². The zero-order chi connectivity index (χ0) is 16.9. The van der Waals surface area contributed by atoms with Gasteiger partial charge in [-0.1, -0.05) is 25.1 Å². The first-order chi connectivity index (χ1) is 11.7. The highest BCUT2D eigenvalue weighted by Crippen LogP contribution is 2.17. The number of nitrogens with zero attached hydrogens (tertiary/aromatic N) is 1. The van der Waals surface area contributed by atoms with E-state index in [1.54, 1.807) is 30.3 Å². The van der Waals surface area contributed by atoms with Crippen molar-refractivity contribution in [3.8, 4) is 0 Å². The summed E-state index contributed by atoms with van der Waals surface area (Å²) in [7, 11) is 0. The Labute approximate surface area is 139 Å². The van der Waals surface area contributed by atoms with Crippen molar-refractivity contribution in [3.05, 3.63) is 59.9 Å². The molecular formula is C18H18N4O2. The van der Waals surface area contributed by atoms with E-state index in [1.165, 1.54) is 0 Å². The van der Waals surface area contributed by atoms with Gasteiger partial charge in [0.1, 0.15) is 5.82 Å². The van der Waals surface area contributed by atoms with Crippen LogP contribution in [0.5, 0.6) is 0 Å². The van der Waals surface area contributed by atoms with Gasteiger partial charge in [0.05, 0.1) is 17.6 Å². The third-order valence-electron chi connectivity index (χ3n) is 3.60. The second-order valence-corrected chi connectivity index (χ2v) is 5.37. The molecule has 1 aromatic heterocycles. The second kappa shape index (κ2) is 6.95. The van der Waals surface area contributed by atoms with Crippen LogP contribution in [0.25, 0.3) is 11.0 Å². The van der Waals surface area contributed by atoms with Gasteiger partial charge in [-0.15, -0.1) is 0 Å². The van der Waals surface area contributed by atoms with Gasteiger partial charge in [0, 0.05) is 17.7 Å². The van der Waals surface area contributed by atoms with Crippen LogP contribution in [0.2, 0.25) is 0 Å². The summed E-state index contributed by atoms with van der Waals surface area (Å²) in [6, 6.07) is 14.3. The average Bonchev–Trinajstić information content (AvgIpc) is 3.03. The molecule has 0 bridgehead atoms. The third-order valence-corrected chi connectivity index (χ3v) is 3.60. The molecule has 24 heavy (non-hydrogen) atoms. The number of anilines is 1. The number of rotatable bonds is 5. The van der Waals surface area contributed by atoms with Gasteiger partial charge in [0.2, 0.25) is 5.91 Å². The van der Waals surface area contributed by atoms with Crippen LogP contribution in [0.3, 0.4) is 0 Å². The van der Waals surface area contributed by atoms with Crippen LogP contribution >= 0.6 is 0 Å². The van der Waals surface area contributed by atoms with Gasteiger partial charge in [0.15, 0.2) is 0 Å². The maximum Gasteiger partial charge on any atom is 0.251 e. The number of hydrogen-bond acceptors (Lipinski definition) is 3. The maximum atomic E-state index is 12.0. The molecule has 0 atom stereocenters. The fourth-order valence-electron chi connectivity index (χ4n) is 2.36. The lowest BCUT2D eigenvalue weighted by Crippen LogP contribution is -2.32. The fourth-order valence-corrected chi connectivity index (χ4v) is 2.36. The summed E-state index contributed by atoms with van der Waals surface area (Å²) in [6.45, 7) is 1.94. The van der Waals surface area contributed by atoms with Crippen LogP contribution < -0.4 is 10.6 Å². The van der Waals surface area contributed by atoms with E-state index >= 15 is 0 Å². The normalized spacial score (nSPS) is 10.5. The van der Waals surface area contributed by atoms with E-state index in [1.807, 2.05) is 25.1 Å². The number of carbonyl (C=O) groups is 2. The molecule has 0 radical (unpaired) electrons. The Kier molecular flexibility index (Phi) is 4.56. The Morgan fingerprint density at radius 1 is 1.12 bits per heavy atom. The summed E-state index contributed by atoms with van der Waals surface area (Å²) in [5, 5.41) is 5.36. The number of imidazole rings is 1. The van der Waals surface area contributed by atoms with Gasteiger partial charge >= 0.3 is 0 Å². The minimum Gasteiger partial charge on any atom is -0.343 e. The number of carbonyl (C=O) groups excluding carboxylic acids is 2. The molecular weight excluding hydrogens is 304 g/mol. The number of hydrogen-bond donors (Lipinski definition) is 3. The predicted molar refractivity (Wildman–Crippen MR) is 92.9 cm³/mol. The number of benzene rings is 2. The molecule has 2 aromatic carbocycles. The quantitative estimate of drug-likeness (QED) is 0.674. The number of aryl methyl sites for hydroxylation is 1. The Morgan fingerprint density at radius 2 is 1.92 bits per heavy atom. The molecule has 2 amide bonds. The predicted octanol–water partition coefficient (Wildman–Crippen LogP) is 2.49. The summed E-state index contributed by atoms with van der Waals surface area (Å²) < 4.78 is 0. The summed E-state index contributed by atoms with van der Waals surface area (Å²) in [6.07, 6.45) is 0.821. The van der Waals surface area contributed by atoms with Crippen LogP contribution in [0.15, 0.2) is 48.5 Å². The van der Waals surface area contributed by atoms with E-state index in [2.05, 4.69) is 20.6 Å². The monoisotopic (exact) mass is 322 g/mol. The third kappa shape index (κ3) is 3.60. The topological polar surface area (TPSA) is 86.9 Å². The molecule has 0 aliphatic carbocycles. The fraction of sp³-hybridized carbons (Fsp3) is 0.167. The van der Waals surface area contributed by atoms with E-state index in [-0.39, 0.29) is 18.4 Å². The zero-order valence-electron chi connectivity index (χ0n) is 13.3. The largest absolute Gasteiger partial charge is 0.343 e. The SMILES string of the molecule is CCc1nc2ccc(NC(=O)CNC(=O)c3ccccc3)cc2[nH]1. The van der Waals surface area contributed by atoms with Gasteiger partial charge in [0.25, 0.3) is 5.91 Å². The lowest BCUT2D eigenvalue weighted by molar-refractivity contribution is -0.115. The zero-order valence-corrected chi connectivity index (χ0v) is 13.3. The minimum absolute atomic E-state index is 0.0883. The standard InChI is InChI=1S/C18H18N4O2/c1-2-16-21-14-9-8-13(10-15(14)22-16)20-17(23)11-19-18(24)12-6-4-3-5-7-12/h3-10H,2,11H2,1H3,(H,19,24)(H,20,23)(H,21,22). The summed E-state index contributed by atoms with van der Waals surface area (Å²) in [4.78, 5) is 31.5. The molecule has 3 aromatic rings. The Morgan fingerprint density at radius 3 is 2.67 bits per heavy atom. The van der Waals surface area contributed by atoms with E-state index in [0.29, 0.717) is 11.3 Å². The summed E-state index contributed by atoms with van der Waals surface area (Å²) >= 11 is 0. The van der Waals surface area contributed by atoms with Crippen molar-refractivity contribution in [1.29, 1.82) is 0 Å². The Balaban J connectivity index is 1.59. The van der Waals surface area contributed by atoms with Gasteiger partial charge in [-0.3, -0.25) is 9.59 Å². The molecule has 3 rings (SSSR count). The number of aromatic nitrogens is 2. The van der Waals surface area contributed by atoms with E-state index in [9.17, 15) is 9.59 Å². The minimum atomic E-state index is -0.283. The van der Waals surface area contributed by atoms with Crippen molar-refractivity contribution < 1.29 is 9.59 Å². The summed E-state index contributed by atoms with van der Waals surface area (Å²) in [5.41, 5.74) is 2.92. The Hall–Kier alpha value is -3.15. The summed E-state index contributed by atoms with van der Waals surface area (Å²) in [5.74, 6) is 0.347. The van der Waals surface area contributed by atoms with Crippen molar-refractivity contribution in [2.75, 3.05) is 11.9 Å². The van der Waals surface area contributed by atoms with Gasteiger partial charge in [-0.25, -0.2) is 4.98 Å². The van der Waals surface area contributed by atoms with E-state index in [4.69, 9.17) is 0 Å². The lowest BCUT2D eigenvalue weighted by Gasteiger charge is -2.07. The van der Waals surface area contributed by atoms with E-state index in [0.717, 1.165) is 23.3 Å². The number of aromatic amines is 1. The van der Waals surface area contributed by atoms with Crippen LogP contribution in [0.1, 0.15) is 23.1 Å². The lowest BCUT2D eigenvalue weighted by atomic mass is 10.2. The molecule has 1 heterocycles. The molecule has 0 fully saturated rings. The number of nitrogens with one attached hydrogen (secondary N) is 3. The second-order valence-electron chi connectivity index (χ2n) is 5.37. The van der Waals surface area contributed by atoms with Crippen LogP contribution in [0.4, 0.5) is 5.69 Å². The smallest absolute Gasteiger partial charge is 0.251 e. The molecule has 6 nitrogen and oxygen atoms in total. The molecule has 0 saturated carbocycles. The van der Waals surface area contributed by atoms with Crippen LogP contribution in [-0.2, 0) is 11.2 Å². The number of amides is 2. The molecule has 3 N–H and O–H groups in total.